The van der Waals surface area contributed by atoms with E-state index in [-0.39, 0.29) is 28.1 Å². The normalized spacial score (nSPS) is 11.9. The van der Waals surface area contributed by atoms with Crippen LogP contribution in [-0.4, -0.2) is 25.4 Å². The van der Waals surface area contributed by atoms with Crippen LogP contribution in [0.15, 0.2) is 63.9 Å². The van der Waals surface area contributed by atoms with Gasteiger partial charge in [-0.1, -0.05) is 23.7 Å². The molecule has 4 rings (SSSR count). The molecule has 0 aliphatic rings. The molecule has 0 aliphatic heterocycles. The van der Waals surface area contributed by atoms with Crippen molar-refractivity contribution in [2.45, 2.75) is 31.3 Å². The third-order valence-corrected chi connectivity index (χ3v) is 7.51. The van der Waals surface area contributed by atoms with Crippen LogP contribution in [0, 0.1) is 0 Å². The third-order valence-electron chi connectivity index (χ3n) is 4.47. The molecule has 4 aromatic rings. The zero-order valence-corrected chi connectivity index (χ0v) is 19.6. The van der Waals surface area contributed by atoms with Gasteiger partial charge in [0.05, 0.1) is 32.2 Å². The van der Waals surface area contributed by atoms with Crippen LogP contribution in [0.1, 0.15) is 30.0 Å². The van der Waals surface area contributed by atoms with Gasteiger partial charge in [-0.05, 0) is 56.3 Å². The predicted octanol–water partition coefficient (Wildman–Crippen LogP) is 4.83. The molecule has 0 saturated heterocycles. The lowest BCUT2D eigenvalue weighted by atomic mass is 10.2. The van der Waals surface area contributed by atoms with E-state index in [0.717, 1.165) is 15.2 Å². The van der Waals surface area contributed by atoms with Crippen molar-refractivity contribution in [1.82, 2.24) is 15.0 Å². The van der Waals surface area contributed by atoms with Gasteiger partial charge in [0.2, 0.25) is 10.0 Å². The van der Waals surface area contributed by atoms with Gasteiger partial charge >= 0.3 is 0 Å². The van der Waals surface area contributed by atoms with Crippen molar-refractivity contribution in [3.8, 4) is 10.8 Å². The van der Waals surface area contributed by atoms with Gasteiger partial charge in [0, 0.05) is 6.04 Å². The molecule has 0 spiro atoms. The summed E-state index contributed by atoms with van der Waals surface area (Å²) in [7, 11) is -3.75. The smallest absolute Gasteiger partial charge is 0.253 e. The quantitative estimate of drug-likeness (QED) is 0.387. The van der Waals surface area contributed by atoms with Crippen molar-refractivity contribution >= 4 is 49.1 Å². The number of hydrogen-bond donors (Lipinski definition) is 2. The Morgan fingerprint density at radius 2 is 1.94 bits per heavy atom. The minimum Gasteiger partial charge on any atom is -0.457 e. The first-order chi connectivity index (χ1) is 15.2. The van der Waals surface area contributed by atoms with Crippen LogP contribution < -0.4 is 10.0 Å². The van der Waals surface area contributed by atoms with E-state index in [9.17, 15) is 13.2 Å². The molecule has 1 amide bonds. The highest BCUT2D eigenvalue weighted by Crippen LogP contribution is 2.31. The molecule has 0 saturated carbocycles. The van der Waals surface area contributed by atoms with Crippen LogP contribution in [-0.2, 0) is 16.6 Å². The fourth-order valence-electron chi connectivity index (χ4n) is 3.05. The summed E-state index contributed by atoms with van der Waals surface area (Å²) >= 11 is 7.67. The average Bonchev–Trinajstić information content (AvgIpc) is 3.38. The van der Waals surface area contributed by atoms with Crippen molar-refractivity contribution in [2.75, 3.05) is 0 Å². The maximum Gasteiger partial charge on any atom is 0.253 e. The average molecular weight is 490 g/mol. The fraction of sp³-hybridized carbons (Fsp3) is 0.182. The Morgan fingerprint density at radius 3 is 2.69 bits per heavy atom. The van der Waals surface area contributed by atoms with Crippen LogP contribution in [0.25, 0.3) is 21.0 Å². The number of para-hydroxylation sites is 1. The first-order valence-corrected chi connectivity index (χ1v) is 12.5. The van der Waals surface area contributed by atoms with E-state index in [1.165, 1.54) is 29.5 Å². The first kappa shape index (κ1) is 22.5. The summed E-state index contributed by atoms with van der Waals surface area (Å²) in [6.07, 6.45) is 0. The van der Waals surface area contributed by atoms with Crippen LogP contribution in [0.5, 0.6) is 0 Å². The Morgan fingerprint density at radius 1 is 1.16 bits per heavy atom. The molecule has 2 heterocycles. The fourth-order valence-corrected chi connectivity index (χ4v) is 5.46. The van der Waals surface area contributed by atoms with Gasteiger partial charge in [-0.25, -0.2) is 18.1 Å². The molecule has 0 atom stereocenters. The number of thiazole rings is 1. The monoisotopic (exact) mass is 489 g/mol. The number of carbonyl (C=O) groups is 1. The van der Waals surface area contributed by atoms with Gasteiger partial charge < -0.3 is 9.73 Å². The number of amides is 1. The summed E-state index contributed by atoms with van der Waals surface area (Å²) in [6, 6.07) is 15.1. The van der Waals surface area contributed by atoms with Crippen LogP contribution in [0.3, 0.4) is 0 Å². The highest BCUT2D eigenvalue weighted by Gasteiger charge is 2.20. The number of rotatable bonds is 7. The largest absolute Gasteiger partial charge is 0.457 e. The molecular formula is C22H20ClN3O4S2. The molecule has 166 valence electrons. The molecule has 32 heavy (non-hydrogen) atoms. The second-order valence-electron chi connectivity index (χ2n) is 7.35. The Hall–Kier alpha value is -2.72. The van der Waals surface area contributed by atoms with E-state index in [0.29, 0.717) is 11.5 Å². The lowest BCUT2D eigenvalue weighted by Crippen LogP contribution is -2.30. The van der Waals surface area contributed by atoms with Crippen molar-refractivity contribution < 1.29 is 17.6 Å². The maximum absolute atomic E-state index is 12.7. The Kier molecular flexibility index (Phi) is 6.34. The second-order valence-corrected chi connectivity index (χ2v) is 10.5. The number of fused-ring (bicyclic) bond motifs is 1. The molecule has 2 aromatic heterocycles. The summed E-state index contributed by atoms with van der Waals surface area (Å²) in [5.41, 5.74) is 0.964. The predicted molar refractivity (Wildman–Crippen MR) is 125 cm³/mol. The lowest BCUT2D eigenvalue weighted by Gasteiger charge is -2.11. The van der Waals surface area contributed by atoms with E-state index in [4.69, 9.17) is 16.0 Å². The number of benzene rings is 2. The number of hydrogen-bond acceptors (Lipinski definition) is 6. The Bertz CT molecular complexity index is 1360. The van der Waals surface area contributed by atoms with E-state index in [2.05, 4.69) is 15.0 Å². The molecule has 0 radical (unpaired) electrons. The van der Waals surface area contributed by atoms with Gasteiger partial charge in [0.1, 0.15) is 5.76 Å². The molecule has 10 heteroatoms. The summed E-state index contributed by atoms with van der Waals surface area (Å²) in [5.74, 6) is 0.643. The van der Waals surface area contributed by atoms with Crippen LogP contribution >= 0.6 is 22.9 Å². The number of nitrogens with zero attached hydrogens (tertiary/aromatic N) is 1. The number of furan rings is 1. The molecule has 0 bridgehead atoms. The zero-order valence-electron chi connectivity index (χ0n) is 17.3. The number of nitrogens with one attached hydrogen (secondary N) is 2. The molecule has 0 fully saturated rings. The number of sulfonamides is 1. The summed E-state index contributed by atoms with van der Waals surface area (Å²) in [4.78, 5) is 17.2. The number of aromatic nitrogens is 1. The van der Waals surface area contributed by atoms with Gasteiger partial charge in [-0.2, -0.15) is 0 Å². The van der Waals surface area contributed by atoms with Crippen molar-refractivity contribution in [3.05, 3.63) is 70.9 Å². The minimum absolute atomic E-state index is 0.0307. The van der Waals surface area contributed by atoms with E-state index in [1.54, 1.807) is 26.0 Å². The van der Waals surface area contributed by atoms with Gasteiger partial charge in [-0.3, -0.25) is 4.79 Å². The summed E-state index contributed by atoms with van der Waals surface area (Å²) in [6.45, 7) is 3.54. The van der Waals surface area contributed by atoms with Gasteiger partial charge in [-0.15, -0.1) is 11.3 Å². The molecular weight excluding hydrogens is 470 g/mol. The molecule has 0 aliphatic carbocycles. The summed E-state index contributed by atoms with van der Waals surface area (Å²) < 4.78 is 34.2. The Balaban J connectivity index is 1.48. The van der Waals surface area contributed by atoms with Crippen molar-refractivity contribution in [2.24, 2.45) is 0 Å². The standard InChI is InChI=1S/C22H20ClN3O4S2/c1-13(2)26-32(28,29)15-8-9-17(23)16(11-15)21(27)24-12-14-7-10-19(30-14)22-25-18-5-3-4-6-20(18)31-22/h3-11,13,26H,12H2,1-2H3,(H,24,27). The van der Waals surface area contributed by atoms with E-state index < -0.39 is 15.9 Å². The minimum atomic E-state index is -3.75. The van der Waals surface area contributed by atoms with Crippen molar-refractivity contribution in [1.29, 1.82) is 0 Å². The van der Waals surface area contributed by atoms with Gasteiger partial charge in [0.25, 0.3) is 5.91 Å². The van der Waals surface area contributed by atoms with E-state index in [1.807, 2.05) is 24.3 Å². The van der Waals surface area contributed by atoms with Gasteiger partial charge in [0.15, 0.2) is 10.8 Å². The number of halogens is 1. The number of carbonyl (C=O) groups excluding carboxylic acids is 1. The second kappa shape index (κ2) is 9.03. The highest BCUT2D eigenvalue weighted by molar-refractivity contribution is 7.89. The van der Waals surface area contributed by atoms with Crippen molar-refractivity contribution in [3.63, 3.8) is 0 Å². The maximum atomic E-state index is 12.7. The third kappa shape index (κ3) is 4.86. The topological polar surface area (TPSA) is 101 Å². The SMILES string of the molecule is CC(C)NS(=O)(=O)c1ccc(Cl)c(C(=O)NCc2ccc(-c3nc4ccccc4s3)o2)c1. The molecule has 2 aromatic carbocycles. The Labute approximate surface area is 194 Å². The van der Waals surface area contributed by atoms with Crippen LogP contribution in [0.4, 0.5) is 0 Å². The lowest BCUT2D eigenvalue weighted by molar-refractivity contribution is 0.0948. The first-order valence-electron chi connectivity index (χ1n) is 9.77. The molecule has 0 unspecified atom stereocenters. The zero-order chi connectivity index (χ0) is 22.9. The molecule has 7 nitrogen and oxygen atoms in total. The molecule has 2 N–H and O–H groups in total. The van der Waals surface area contributed by atoms with E-state index >= 15 is 0 Å². The van der Waals surface area contributed by atoms with Crippen LogP contribution in [0.2, 0.25) is 5.02 Å². The highest BCUT2D eigenvalue weighted by atomic mass is 35.5. The summed E-state index contributed by atoms with van der Waals surface area (Å²) in [5, 5.41) is 3.62.